The summed E-state index contributed by atoms with van der Waals surface area (Å²) < 4.78 is 48.9. The molecule has 3 nitrogen and oxygen atoms in total. The molecular formula is C15H10F3NO2S. The van der Waals surface area contributed by atoms with Crippen molar-refractivity contribution >= 4 is 23.1 Å². The highest BCUT2D eigenvalue weighted by Crippen LogP contribution is 2.39. The summed E-state index contributed by atoms with van der Waals surface area (Å²) >= 11 is 4.47. The Kier molecular flexibility index (Phi) is 4.80. The van der Waals surface area contributed by atoms with Crippen molar-refractivity contribution in [2.45, 2.75) is 6.18 Å². The van der Waals surface area contributed by atoms with Crippen molar-refractivity contribution in [1.82, 2.24) is 0 Å². The van der Waals surface area contributed by atoms with E-state index < -0.39 is 11.7 Å². The van der Waals surface area contributed by atoms with Crippen LogP contribution >= 0.6 is 12.2 Å². The maximum atomic E-state index is 12.7. The number of alkyl halides is 3. The number of rotatable bonds is 4. The van der Waals surface area contributed by atoms with Crippen LogP contribution in [0.25, 0.3) is 0 Å². The minimum Gasteiger partial charge on any atom is -0.493 e. The van der Waals surface area contributed by atoms with Crippen LogP contribution in [-0.2, 0) is 6.18 Å². The van der Waals surface area contributed by atoms with Gasteiger partial charge in [0.15, 0.2) is 17.2 Å². The number of aliphatic imine (C=N–C) groups is 1. The van der Waals surface area contributed by atoms with Gasteiger partial charge in [-0.2, -0.15) is 18.2 Å². The van der Waals surface area contributed by atoms with E-state index in [2.05, 4.69) is 17.2 Å². The van der Waals surface area contributed by atoms with Crippen LogP contribution in [0, 0.1) is 0 Å². The van der Waals surface area contributed by atoms with Gasteiger partial charge >= 0.3 is 6.18 Å². The fourth-order valence-electron chi connectivity index (χ4n) is 1.74. The Labute approximate surface area is 130 Å². The largest absolute Gasteiger partial charge is 0.493 e. The third-order valence-electron chi connectivity index (χ3n) is 2.74. The van der Waals surface area contributed by atoms with Gasteiger partial charge in [0.05, 0.1) is 17.8 Å². The second-order valence-electron chi connectivity index (χ2n) is 4.14. The van der Waals surface area contributed by atoms with Crippen molar-refractivity contribution in [1.29, 1.82) is 0 Å². The molecule has 0 spiro atoms. The highest BCUT2D eigenvalue weighted by atomic mass is 32.1. The predicted octanol–water partition coefficient (Wildman–Crippen LogP) is 5.24. The molecule has 0 unspecified atom stereocenters. The first-order valence-corrected chi connectivity index (χ1v) is 6.46. The molecule has 0 amide bonds. The quantitative estimate of drug-likeness (QED) is 0.569. The number of halogens is 3. The summed E-state index contributed by atoms with van der Waals surface area (Å²) in [4.78, 5) is 3.63. The second kappa shape index (κ2) is 6.60. The highest BCUT2D eigenvalue weighted by molar-refractivity contribution is 7.78. The van der Waals surface area contributed by atoms with Crippen molar-refractivity contribution in [2.24, 2.45) is 4.99 Å². The molecule has 0 atom stereocenters. The average Bonchev–Trinajstić information content (AvgIpc) is 2.48. The summed E-state index contributed by atoms with van der Waals surface area (Å²) in [6.45, 7) is 0. The Morgan fingerprint density at radius 2 is 1.73 bits per heavy atom. The molecule has 114 valence electrons. The predicted molar refractivity (Wildman–Crippen MR) is 79.2 cm³/mol. The first-order chi connectivity index (χ1) is 10.5. The molecule has 0 heterocycles. The number of hydrogen-bond donors (Lipinski definition) is 0. The number of thiocarbonyl (C=S) groups is 1. The van der Waals surface area contributed by atoms with Gasteiger partial charge in [0.25, 0.3) is 0 Å². The maximum Gasteiger partial charge on any atom is 0.416 e. The van der Waals surface area contributed by atoms with Gasteiger partial charge in [-0.1, -0.05) is 12.1 Å². The van der Waals surface area contributed by atoms with E-state index >= 15 is 0 Å². The Hall–Kier alpha value is -2.37. The molecule has 2 rings (SSSR count). The van der Waals surface area contributed by atoms with Crippen LogP contribution < -0.4 is 9.47 Å². The van der Waals surface area contributed by atoms with Crippen LogP contribution in [0.15, 0.2) is 47.5 Å². The lowest BCUT2D eigenvalue weighted by molar-refractivity contribution is -0.137. The Bertz CT molecular complexity index is 725. The first-order valence-electron chi connectivity index (χ1n) is 6.05. The lowest BCUT2D eigenvalue weighted by Crippen LogP contribution is -2.04. The number of isothiocyanates is 1. The smallest absolute Gasteiger partial charge is 0.416 e. The van der Waals surface area contributed by atoms with E-state index in [1.54, 1.807) is 24.3 Å². The van der Waals surface area contributed by atoms with E-state index in [1.165, 1.54) is 13.2 Å². The van der Waals surface area contributed by atoms with Crippen molar-refractivity contribution in [3.8, 4) is 17.2 Å². The molecule has 22 heavy (non-hydrogen) atoms. The Morgan fingerprint density at radius 3 is 2.32 bits per heavy atom. The van der Waals surface area contributed by atoms with Gasteiger partial charge in [-0.3, -0.25) is 0 Å². The van der Waals surface area contributed by atoms with E-state index in [0.29, 0.717) is 11.5 Å². The first kappa shape index (κ1) is 16.0. The molecule has 0 N–H and O–H groups in total. The number of methoxy groups -OCH3 is 1. The molecule has 7 heteroatoms. The normalized spacial score (nSPS) is 10.7. The molecule has 0 aliphatic heterocycles. The van der Waals surface area contributed by atoms with E-state index in [4.69, 9.17) is 9.47 Å². The monoisotopic (exact) mass is 325 g/mol. The van der Waals surface area contributed by atoms with Crippen molar-refractivity contribution in [3.05, 3.63) is 48.0 Å². The van der Waals surface area contributed by atoms with E-state index in [-0.39, 0.29) is 11.4 Å². The number of para-hydroxylation sites is 2. The second-order valence-corrected chi connectivity index (χ2v) is 4.32. The zero-order valence-corrected chi connectivity index (χ0v) is 12.2. The maximum absolute atomic E-state index is 12.7. The van der Waals surface area contributed by atoms with Crippen molar-refractivity contribution < 1.29 is 22.6 Å². The van der Waals surface area contributed by atoms with Crippen molar-refractivity contribution in [3.63, 3.8) is 0 Å². The number of hydrogen-bond acceptors (Lipinski definition) is 4. The van der Waals surface area contributed by atoms with Gasteiger partial charge in [-0.15, -0.1) is 0 Å². The molecule has 0 saturated carbocycles. The number of benzene rings is 2. The molecule has 0 aliphatic rings. The fraction of sp³-hybridized carbons (Fsp3) is 0.133. The van der Waals surface area contributed by atoms with Crippen LogP contribution in [-0.4, -0.2) is 12.3 Å². The molecule has 2 aromatic rings. The zero-order chi connectivity index (χ0) is 16.2. The molecule has 0 fully saturated rings. The third kappa shape index (κ3) is 3.63. The van der Waals surface area contributed by atoms with Crippen LogP contribution in [0.2, 0.25) is 0 Å². The minimum atomic E-state index is -4.48. The van der Waals surface area contributed by atoms with Crippen LogP contribution in [0.3, 0.4) is 0 Å². The summed E-state index contributed by atoms with van der Waals surface area (Å²) in [6, 6.07) is 9.69. The summed E-state index contributed by atoms with van der Waals surface area (Å²) in [7, 11) is 1.46. The van der Waals surface area contributed by atoms with E-state index in [0.717, 1.165) is 12.1 Å². The molecule has 0 aromatic heterocycles. The van der Waals surface area contributed by atoms with Crippen molar-refractivity contribution in [2.75, 3.05) is 7.11 Å². The SMILES string of the molecule is COc1ccccc1Oc1ccc(C(F)(F)F)cc1N=C=S. The summed E-state index contributed by atoms with van der Waals surface area (Å²) in [5.41, 5.74) is -0.903. The summed E-state index contributed by atoms with van der Waals surface area (Å²) in [5, 5.41) is 2.05. The third-order valence-corrected chi connectivity index (χ3v) is 2.83. The standard InChI is InChI=1S/C15H10F3NO2S/c1-20-13-4-2-3-5-14(13)21-12-7-6-10(15(16,17)18)8-11(12)19-9-22/h2-8H,1H3. The molecular weight excluding hydrogens is 315 g/mol. The topological polar surface area (TPSA) is 30.8 Å². The van der Waals surface area contributed by atoms with Gasteiger partial charge in [0.2, 0.25) is 0 Å². The van der Waals surface area contributed by atoms with Gasteiger partial charge in [-0.25, -0.2) is 0 Å². The average molecular weight is 325 g/mol. The number of nitrogens with zero attached hydrogens (tertiary/aromatic N) is 1. The molecule has 0 saturated heterocycles. The van der Waals surface area contributed by atoms with E-state index in [1.807, 2.05) is 5.16 Å². The minimum absolute atomic E-state index is 0.0595. The summed E-state index contributed by atoms with van der Waals surface area (Å²) in [5.74, 6) is 0.917. The zero-order valence-electron chi connectivity index (χ0n) is 11.3. The van der Waals surface area contributed by atoms with Gasteiger partial charge in [0.1, 0.15) is 5.69 Å². The number of ether oxygens (including phenoxy) is 2. The molecule has 0 radical (unpaired) electrons. The Morgan fingerprint density at radius 1 is 1.05 bits per heavy atom. The van der Waals surface area contributed by atoms with Gasteiger partial charge in [0, 0.05) is 0 Å². The lowest BCUT2D eigenvalue weighted by Gasteiger charge is -2.13. The van der Waals surface area contributed by atoms with Crippen LogP contribution in [0.1, 0.15) is 5.56 Å². The molecule has 0 aliphatic carbocycles. The van der Waals surface area contributed by atoms with E-state index in [9.17, 15) is 13.2 Å². The van der Waals surface area contributed by atoms with Crippen LogP contribution in [0.4, 0.5) is 18.9 Å². The molecule has 0 bridgehead atoms. The molecule has 2 aromatic carbocycles. The fourth-order valence-corrected chi connectivity index (χ4v) is 1.84. The highest BCUT2D eigenvalue weighted by Gasteiger charge is 2.31. The lowest BCUT2D eigenvalue weighted by atomic mass is 10.2. The van der Waals surface area contributed by atoms with Gasteiger partial charge in [-0.05, 0) is 42.5 Å². The van der Waals surface area contributed by atoms with Crippen LogP contribution in [0.5, 0.6) is 17.2 Å². The summed E-state index contributed by atoms with van der Waals surface area (Å²) in [6.07, 6.45) is -4.48. The Balaban J connectivity index is 2.44. The van der Waals surface area contributed by atoms with Gasteiger partial charge < -0.3 is 9.47 Å².